The van der Waals surface area contributed by atoms with E-state index in [9.17, 15) is 9.50 Å². The Morgan fingerprint density at radius 1 is 1.42 bits per heavy atom. The summed E-state index contributed by atoms with van der Waals surface area (Å²) in [5.74, 6) is 0.187. The molecule has 1 fully saturated rings. The Morgan fingerprint density at radius 2 is 2.21 bits per heavy atom. The first-order valence-electron chi connectivity index (χ1n) is 5.65. The highest BCUT2D eigenvalue weighted by molar-refractivity contribution is 5.81. The zero-order valence-electron chi connectivity index (χ0n) is 9.72. The third-order valence-corrected chi connectivity index (χ3v) is 3.13. The minimum Gasteiger partial charge on any atom is -0.394 e. The van der Waals surface area contributed by atoms with E-state index in [4.69, 9.17) is 15.6 Å². The number of fused-ring (bicyclic) bond motifs is 1. The molecule has 1 saturated heterocycles. The van der Waals surface area contributed by atoms with Crippen LogP contribution in [0.25, 0.3) is 11.2 Å². The van der Waals surface area contributed by atoms with Gasteiger partial charge in [0.1, 0.15) is 24.1 Å². The summed E-state index contributed by atoms with van der Waals surface area (Å²) in [6.45, 7) is -0.515. The predicted octanol–water partition coefficient (Wildman–Crippen LogP) is -1.00. The van der Waals surface area contributed by atoms with Gasteiger partial charge in [-0.25, -0.2) is 19.3 Å². The Morgan fingerprint density at radius 3 is 2.89 bits per heavy atom. The SMILES string of the molecule is Nc1ncnc2c1ncn2[C@@H]1O[C@H](CO)C(F)C1O. The summed E-state index contributed by atoms with van der Waals surface area (Å²) in [5, 5.41) is 18.8. The van der Waals surface area contributed by atoms with Crippen molar-refractivity contribution in [3.8, 4) is 0 Å². The maximum atomic E-state index is 13.7. The molecule has 19 heavy (non-hydrogen) atoms. The molecule has 2 unspecified atom stereocenters. The lowest BCUT2D eigenvalue weighted by molar-refractivity contribution is -0.0495. The van der Waals surface area contributed by atoms with Gasteiger partial charge in [0.25, 0.3) is 0 Å². The zero-order chi connectivity index (χ0) is 13.6. The lowest BCUT2D eigenvalue weighted by Gasteiger charge is -2.15. The number of rotatable bonds is 2. The Balaban J connectivity index is 2.04. The van der Waals surface area contributed by atoms with Crippen molar-refractivity contribution in [2.24, 2.45) is 0 Å². The number of halogens is 1. The summed E-state index contributed by atoms with van der Waals surface area (Å²) in [5.41, 5.74) is 6.32. The van der Waals surface area contributed by atoms with E-state index in [1.165, 1.54) is 17.2 Å². The molecule has 9 heteroatoms. The molecule has 0 aliphatic carbocycles. The molecule has 3 rings (SSSR count). The minimum absolute atomic E-state index is 0.187. The molecule has 0 bridgehead atoms. The number of aliphatic hydroxyl groups is 2. The summed E-state index contributed by atoms with van der Waals surface area (Å²) in [6.07, 6.45) is -2.58. The number of alkyl halides is 1. The molecule has 8 nitrogen and oxygen atoms in total. The van der Waals surface area contributed by atoms with Crippen LogP contribution in [0.3, 0.4) is 0 Å². The lowest BCUT2D eigenvalue weighted by atomic mass is 10.1. The Labute approximate surface area is 106 Å². The van der Waals surface area contributed by atoms with Crippen LogP contribution >= 0.6 is 0 Å². The van der Waals surface area contributed by atoms with E-state index in [-0.39, 0.29) is 5.82 Å². The zero-order valence-corrected chi connectivity index (χ0v) is 9.72. The number of imidazole rings is 1. The Bertz CT molecular complexity index is 606. The molecule has 1 aliphatic rings. The van der Waals surface area contributed by atoms with Crippen molar-refractivity contribution in [1.29, 1.82) is 0 Å². The molecular weight excluding hydrogens is 257 g/mol. The molecule has 0 radical (unpaired) electrons. The van der Waals surface area contributed by atoms with E-state index in [1.807, 2.05) is 0 Å². The fourth-order valence-corrected chi connectivity index (χ4v) is 2.14. The van der Waals surface area contributed by atoms with Crippen LogP contribution < -0.4 is 5.73 Å². The number of ether oxygens (including phenoxy) is 1. The van der Waals surface area contributed by atoms with Gasteiger partial charge in [-0.15, -0.1) is 0 Å². The highest BCUT2D eigenvalue weighted by Crippen LogP contribution is 2.33. The van der Waals surface area contributed by atoms with Crippen LogP contribution in [0.1, 0.15) is 6.23 Å². The predicted molar refractivity (Wildman–Crippen MR) is 61.6 cm³/mol. The van der Waals surface area contributed by atoms with E-state index < -0.39 is 31.2 Å². The lowest BCUT2D eigenvalue weighted by Crippen LogP contribution is -2.29. The molecule has 0 aromatic carbocycles. The second-order valence-corrected chi connectivity index (χ2v) is 4.27. The van der Waals surface area contributed by atoms with Crippen molar-refractivity contribution >= 4 is 17.0 Å². The van der Waals surface area contributed by atoms with Crippen molar-refractivity contribution in [2.75, 3.05) is 12.3 Å². The highest BCUT2D eigenvalue weighted by atomic mass is 19.1. The second-order valence-electron chi connectivity index (χ2n) is 4.27. The van der Waals surface area contributed by atoms with Crippen LogP contribution in [0.5, 0.6) is 0 Å². The van der Waals surface area contributed by atoms with Gasteiger partial charge in [-0.3, -0.25) is 4.57 Å². The molecule has 1 aliphatic heterocycles. The van der Waals surface area contributed by atoms with Gasteiger partial charge in [0, 0.05) is 0 Å². The summed E-state index contributed by atoms with van der Waals surface area (Å²) >= 11 is 0. The summed E-state index contributed by atoms with van der Waals surface area (Å²) in [7, 11) is 0. The molecule has 2 aromatic heterocycles. The Kier molecular flexibility index (Phi) is 2.81. The first-order valence-corrected chi connectivity index (χ1v) is 5.65. The van der Waals surface area contributed by atoms with Crippen LogP contribution in [0, 0.1) is 0 Å². The standard InChI is InChI=1S/C10H12FN5O3/c11-5-4(1-17)19-10(7(5)18)16-3-15-6-8(12)13-2-14-9(6)16/h2-5,7,10,17-18H,1H2,(H2,12,13,14)/t4-,5?,7?,10-/m1/s1. The van der Waals surface area contributed by atoms with Crippen molar-refractivity contribution in [2.45, 2.75) is 24.6 Å². The smallest absolute Gasteiger partial charge is 0.167 e. The Hall–Kier alpha value is -1.84. The van der Waals surface area contributed by atoms with Crippen molar-refractivity contribution in [1.82, 2.24) is 19.5 Å². The van der Waals surface area contributed by atoms with Crippen LogP contribution in [0.15, 0.2) is 12.7 Å². The van der Waals surface area contributed by atoms with Crippen molar-refractivity contribution in [3.63, 3.8) is 0 Å². The topological polar surface area (TPSA) is 119 Å². The molecule has 0 amide bonds. The molecule has 4 atom stereocenters. The highest BCUT2D eigenvalue weighted by Gasteiger charge is 2.45. The average molecular weight is 269 g/mol. The average Bonchev–Trinajstić information content (AvgIpc) is 2.94. The normalized spacial score (nSPS) is 31.1. The first-order chi connectivity index (χ1) is 9.13. The van der Waals surface area contributed by atoms with Crippen LogP contribution in [0.4, 0.5) is 10.2 Å². The number of aliphatic hydroxyl groups excluding tert-OH is 2. The van der Waals surface area contributed by atoms with E-state index >= 15 is 0 Å². The molecular formula is C10H12FN5O3. The van der Waals surface area contributed by atoms with Crippen LogP contribution in [0.2, 0.25) is 0 Å². The van der Waals surface area contributed by atoms with Crippen molar-refractivity contribution in [3.05, 3.63) is 12.7 Å². The van der Waals surface area contributed by atoms with E-state index in [0.717, 1.165) is 0 Å². The largest absolute Gasteiger partial charge is 0.394 e. The molecule has 0 saturated carbocycles. The number of nitrogens with zero attached hydrogens (tertiary/aromatic N) is 4. The molecule has 4 N–H and O–H groups in total. The summed E-state index contributed by atoms with van der Waals surface area (Å²) in [4.78, 5) is 11.8. The van der Waals surface area contributed by atoms with E-state index in [0.29, 0.717) is 11.2 Å². The maximum absolute atomic E-state index is 13.7. The fraction of sp³-hybridized carbons (Fsp3) is 0.500. The number of nitrogen functional groups attached to an aromatic ring is 1. The quantitative estimate of drug-likeness (QED) is 0.639. The fourth-order valence-electron chi connectivity index (χ4n) is 2.14. The van der Waals surface area contributed by atoms with Gasteiger partial charge in [-0.2, -0.15) is 0 Å². The van der Waals surface area contributed by atoms with Gasteiger partial charge in [-0.05, 0) is 0 Å². The van der Waals surface area contributed by atoms with Gasteiger partial charge in [0.05, 0.1) is 12.9 Å². The van der Waals surface area contributed by atoms with E-state index in [1.54, 1.807) is 0 Å². The monoisotopic (exact) mass is 269 g/mol. The number of hydrogen-bond donors (Lipinski definition) is 3. The van der Waals surface area contributed by atoms with Gasteiger partial charge in [0.15, 0.2) is 23.9 Å². The molecule has 102 valence electrons. The van der Waals surface area contributed by atoms with Crippen molar-refractivity contribution < 1.29 is 19.3 Å². The van der Waals surface area contributed by atoms with Gasteiger partial charge >= 0.3 is 0 Å². The number of hydrogen-bond acceptors (Lipinski definition) is 7. The first kappa shape index (κ1) is 12.2. The molecule has 3 heterocycles. The number of nitrogens with two attached hydrogens (primary N) is 1. The molecule has 2 aromatic rings. The van der Waals surface area contributed by atoms with Gasteiger partial charge < -0.3 is 20.7 Å². The second kappa shape index (κ2) is 4.37. The maximum Gasteiger partial charge on any atom is 0.167 e. The third kappa shape index (κ3) is 1.74. The van der Waals surface area contributed by atoms with Gasteiger partial charge in [0.2, 0.25) is 0 Å². The van der Waals surface area contributed by atoms with E-state index in [2.05, 4.69) is 15.0 Å². The van der Waals surface area contributed by atoms with Crippen LogP contribution in [-0.2, 0) is 4.74 Å². The van der Waals surface area contributed by atoms with Gasteiger partial charge in [-0.1, -0.05) is 0 Å². The number of anilines is 1. The summed E-state index contributed by atoms with van der Waals surface area (Å²) in [6, 6.07) is 0. The number of aromatic nitrogens is 4. The summed E-state index contributed by atoms with van der Waals surface area (Å²) < 4.78 is 20.3. The molecule has 0 spiro atoms. The van der Waals surface area contributed by atoms with Crippen LogP contribution in [-0.4, -0.2) is 54.7 Å². The minimum atomic E-state index is -1.67. The third-order valence-electron chi connectivity index (χ3n) is 3.13.